The van der Waals surface area contributed by atoms with Crippen molar-refractivity contribution in [1.29, 1.82) is 0 Å². The summed E-state index contributed by atoms with van der Waals surface area (Å²) < 4.78 is 0. The summed E-state index contributed by atoms with van der Waals surface area (Å²) in [5.74, 6) is 0. The van der Waals surface area contributed by atoms with Gasteiger partial charge in [0.1, 0.15) is 0 Å². The van der Waals surface area contributed by atoms with Crippen molar-refractivity contribution in [1.82, 2.24) is 9.97 Å². The monoisotopic (exact) mass is 210 g/mol. The summed E-state index contributed by atoms with van der Waals surface area (Å²) >= 11 is 0. The average Bonchev–Trinajstić information content (AvgIpc) is 2.10. The smallest absolute Gasteiger partial charge is 0.665 e. The van der Waals surface area contributed by atoms with E-state index in [9.17, 15) is 0 Å². The minimum atomic E-state index is 0. The summed E-state index contributed by atoms with van der Waals surface area (Å²) in [4.78, 5) is 23.9. The number of aliphatic hydroxyl groups excluding tert-OH is 2. The Morgan fingerprint density at radius 3 is 1.08 bits per heavy atom. The molecule has 0 saturated carbocycles. The average molecular weight is 210 g/mol. The van der Waals surface area contributed by atoms with Crippen LogP contribution in [0.15, 0.2) is 24.8 Å². The van der Waals surface area contributed by atoms with Crippen LogP contribution in [0.1, 0.15) is 0 Å². The maximum atomic E-state index is 8.24. The van der Waals surface area contributed by atoms with Gasteiger partial charge in [-0.15, -0.1) is 0 Å². The van der Waals surface area contributed by atoms with Crippen molar-refractivity contribution in [3.8, 4) is 0 Å². The molecule has 0 fully saturated rings. The quantitative estimate of drug-likeness (QED) is 0.434. The predicted octanol–water partition coefficient (Wildman–Crippen LogP) is -0.681. The van der Waals surface area contributed by atoms with Crippen molar-refractivity contribution in [2.75, 3.05) is 0 Å². The standard InChI is InChI=1S/C4H4N2.2CHO2.Ca/c1-2-6-4-3-5-1;2*2-1-3;/h1-4H;2*(H,2,3);/q;2*-1;+2. The van der Waals surface area contributed by atoms with E-state index in [1.807, 2.05) is 0 Å². The Kier molecular flexibility index (Phi) is 31.4. The van der Waals surface area contributed by atoms with Gasteiger partial charge in [-0.2, -0.15) is 0 Å². The molecule has 0 aliphatic heterocycles. The van der Waals surface area contributed by atoms with Gasteiger partial charge in [-0.3, -0.25) is 9.97 Å². The first-order valence-corrected chi connectivity index (χ1v) is 2.55. The van der Waals surface area contributed by atoms with E-state index in [0.29, 0.717) is 12.9 Å². The molecule has 6 nitrogen and oxygen atoms in total. The van der Waals surface area contributed by atoms with Gasteiger partial charge in [-0.1, -0.05) is 12.9 Å². The van der Waals surface area contributed by atoms with Crippen LogP contribution in [0, 0.1) is 0 Å². The molecule has 0 bridgehead atoms. The van der Waals surface area contributed by atoms with Crippen molar-refractivity contribution in [3.05, 3.63) is 24.8 Å². The van der Waals surface area contributed by atoms with Crippen LogP contribution < -0.4 is 0 Å². The fraction of sp³-hybridized carbons (Fsp3) is 0. The second kappa shape index (κ2) is 22.5. The molecule has 0 radical (unpaired) electrons. The summed E-state index contributed by atoms with van der Waals surface area (Å²) in [6, 6.07) is 0. The van der Waals surface area contributed by atoms with Crippen LogP contribution in [0.2, 0.25) is 0 Å². The SMILES string of the molecule is O=[C-]O.O=[C-]O.[Ca+2].c1cnccn1. The van der Waals surface area contributed by atoms with E-state index in [1.54, 1.807) is 24.8 Å². The second-order valence-corrected chi connectivity index (χ2v) is 1.08. The molecule has 0 unspecified atom stereocenters. The van der Waals surface area contributed by atoms with Crippen molar-refractivity contribution in [2.24, 2.45) is 0 Å². The molecule has 1 rings (SSSR count). The van der Waals surface area contributed by atoms with Gasteiger partial charge >= 0.3 is 37.7 Å². The van der Waals surface area contributed by atoms with Gasteiger partial charge in [0.15, 0.2) is 0 Å². The van der Waals surface area contributed by atoms with E-state index in [2.05, 4.69) is 9.97 Å². The van der Waals surface area contributed by atoms with Crippen LogP contribution in [0.25, 0.3) is 0 Å². The topological polar surface area (TPSA) is 100 Å². The van der Waals surface area contributed by atoms with E-state index >= 15 is 0 Å². The Bertz CT molecular complexity index is 153. The minimum Gasteiger partial charge on any atom is -0.665 e. The molecule has 0 saturated heterocycles. The number of nitrogens with zero attached hydrogens (tertiary/aromatic N) is 2. The summed E-state index contributed by atoms with van der Waals surface area (Å²) in [5.41, 5.74) is 0. The molecule has 1 heterocycles. The summed E-state index contributed by atoms with van der Waals surface area (Å²) in [6.45, 7) is 1.00. The molecule has 1 aromatic heterocycles. The van der Waals surface area contributed by atoms with Crippen molar-refractivity contribution < 1.29 is 19.8 Å². The fourth-order valence-corrected chi connectivity index (χ4v) is 0.253. The molecular formula is C6H6CaN2O4. The van der Waals surface area contributed by atoms with Crippen LogP contribution in [-0.2, 0) is 9.59 Å². The number of hydrogen-bond acceptors (Lipinski definition) is 4. The third-order valence-corrected chi connectivity index (χ3v) is 0.478. The van der Waals surface area contributed by atoms with E-state index in [1.165, 1.54) is 0 Å². The zero-order chi connectivity index (χ0) is 9.66. The molecule has 0 amide bonds. The van der Waals surface area contributed by atoms with Gasteiger partial charge in [-0.05, 0) is 0 Å². The Morgan fingerprint density at radius 1 is 0.846 bits per heavy atom. The molecule has 0 aliphatic carbocycles. The van der Waals surface area contributed by atoms with Gasteiger partial charge in [0.25, 0.3) is 0 Å². The van der Waals surface area contributed by atoms with Crippen molar-refractivity contribution in [3.63, 3.8) is 0 Å². The maximum Gasteiger partial charge on any atom is 2.00 e. The number of rotatable bonds is 0. The summed E-state index contributed by atoms with van der Waals surface area (Å²) in [5, 5.41) is 13.5. The van der Waals surface area contributed by atoms with Crippen LogP contribution in [-0.4, -0.2) is 70.9 Å². The molecule has 13 heavy (non-hydrogen) atoms. The summed E-state index contributed by atoms with van der Waals surface area (Å²) in [7, 11) is 0. The number of hydrogen-bond donors (Lipinski definition) is 2. The number of aromatic nitrogens is 2. The zero-order valence-electron chi connectivity index (χ0n) is 6.62. The molecule has 0 aliphatic rings. The van der Waals surface area contributed by atoms with E-state index < -0.39 is 0 Å². The molecule has 66 valence electrons. The molecule has 7 heteroatoms. The second-order valence-electron chi connectivity index (χ2n) is 1.08. The Labute approximate surface area is 105 Å². The third kappa shape index (κ3) is 34.8. The van der Waals surface area contributed by atoms with Crippen LogP contribution in [0.3, 0.4) is 0 Å². The predicted molar refractivity (Wildman–Crippen MR) is 44.4 cm³/mol. The Hall–Kier alpha value is -0.720. The maximum absolute atomic E-state index is 8.24. The van der Waals surface area contributed by atoms with Gasteiger partial charge in [0, 0.05) is 24.8 Å². The molecule has 0 atom stereocenters. The normalized spacial score (nSPS) is 5.54. The van der Waals surface area contributed by atoms with Crippen LogP contribution in [0.4, 0.5) is 0 Å². The largest absolute Gasteiger partial charge is 2.00 e. The fourth-order valence-electron chi connectivity index (χ4n) is 0.253. The van der Waals surface area contributed by atoms with Gasteiger partial charge in [0.2, 0.25) is 0 Å². The van der Waals surface area contributed by atoms with Gasteiger partial charge < -0.3 is 19.8 Å². The van der Waals surface area contributed by atoms with Crippen molar-refractivity contribution in [2.45, 2.75) is 0 Å². The van der Waals surface area contributed by atoms with Crippen LogP contribution in [0.5, 0.6) is 0 Å². The van der Waals surface area contributed by atoms with E-state index in [4.69, 9.17) is 19.8 Å². The van der Waals surface area contributed by atoms with Gasteiger partial charge in [-0.25, -0.2) is 0 Å². The summed E-state index contributed by atoms with van der Waals surface area (Å²) in [6.07, 6.45) is 6.56. The van der Waals surface area contributed by atoms with Crippen LogP contribution >= 0.6 is 0 Å². The third-order valence-electron chi connectivity index (χ3n) is 0.478. The molecule has 0 aromatic carbocycles. The van der Waals surface area contributed by atoms with E-state index in [-0.39, 0.29) is 37.7 Å². The van der Waals surface area contributed by atoms with E-state index in [0.717, 1.165) is 0 Å². The first-order valence-electron chi connectivity index (χ1n) is 2.55. The molecular weight excluding hydrogens is 204 g/mol. The Morgan fingerprint density at radius 2 is 1.00 bits per heavy atom. The Balaban J connectivity index is -0.000000126. The first kappa shape index (κ1) is 18.1. The van der Waals surface area contributed by atoms with Crippen molar-refractivity contribution >= 4 is 50.7 Å². The molecule has 2 N–H and O–H groups in total. The zero-order valence-corrected chi connectivity index (χ0v) is 8.83. The first-order chi connectivity index (χ1) is 5.83. The van der Waals surface area contributed by atoms with Gasteiger partial charge in [0.05, 0.1) is 0 Å². The minimum absolute atomic E-state index is 0. The molecule has 0 spiro atoms. The molecule has 1 aromatic rings.